The van der Waals surface area contributed by atoms with Crippen LogP contribution < -0.4 is 9.64 Å². The van der Waals surface area contributed by atoms with E-state index in [1.165, 1.54) is 4.90 Å². The van der Waals surface area contributed by atoms with Crippen LogP contribution in [0.5, 0.6) is 5.75 Å². The van der Waals surface area contributed by atoms with Gasteiger partial charge in [0, 0.05) is 23.3 Å². The van der Waals surface area contributed by atoms with Crippen molar-refractivity contribution in [1.29, 1.82) is 0 Å². The molecule has 1 aromatic heterocycles. The van der Waals surface area contributed by atoms with E-state index in [0.717, 1.165) is 34.9 Å². The molecule has 3 heterocycles. The number of nitrogens with zero attached hydrogens (tertiary/aromatic N) is 2. The normalized spacial score (nSPS) is 19.0. The fourth-order valence-electron chi connectivity index (χ4n) is 5.02. The largest absolute Gasteiger partial charge is 0.507 e. The highest BCUT2D eigenvalue weighted by molar-refractivity contribution is 6.52. The van der Waals surface area contributed by atoms with Crippen molar-refractivity contribution < 1.29 is 19.4 Å². The number of aliphatic hydroxyl groups excluding tert-OH is 1. The lowest BCUT2D eigenvalue weighted by atomic mass is 9.94. The summed E-state index contributed by atoms with van der Waals surface area (Å²) in [6.45, 7) is 0.663. The van der Waals surface area contributed by atoms with Gasteiger partial charge in [0.05, 0.1) is 23.9 Å². The van der Waals surface area contributed by atoms with Gasteiger partial charge in [-0.25, -0.2) is 0 Å². The maximum absolute atomic E-state index is 13.5. The minimum absolute atomic E-state index is 0.0609. The average molecular weight is 463 g/mol. The molecule has 0 aliphatic carbocycles. The van der Waals surface area contributed by atoms with Crippen LogP contribution in [0, 0.1) is 0 Å². The van der Waals surface area contributed by atoms with Crippen LogP contribution in [-0.2, 0) is 16.0 Å². The molecule has 1 atom stereocenters. The van der Waals surface area contributed by atoms with Crippen molar-refractivity contribution in [2.24, 2.45) is 0 Å². The summed E-state index contributed by atoms with van der Waals surface area (Å²) in [7, 11) is 0. The van der Waals surface area contributed by atoms with Crippen LogP contribution in [-0.4, -0.2) is 28.4 Å². The van der Waals surface area contributed by atoms with E-state index in [1.807, 2.05) is 54.6 Å². The molecule has 6 nitrogen and oxygen atoms in total. The summed E-state index contributed by atoms with van der Waals surface area (Å²) in [5, 5.41) is 13.2. The lowest BCUT2D eigenvalue weighted by Crippen LogP contribution is -2.29. The van der Waals surface area contributed by atoms with Gasteiger partial charge in [-0.3, -0.25) is 19.5 Å². The fraction of sp³-hybridized carbons (Fsp3) is 0.138. The molecule has 35 heavy (non-hydrogen) atoms. The molecule has 172 valence electrons. The molecule has 1 N–H and O–H groups in total. The molecule has 0 bridgehead atoms. The average Bonchev–Trinajstić information content (AvgIpc) is 3.18. The Hall–Kier alpha value is -4.45. The summed E-state index contributed by atoms with van der Waals surface area (Å²) in [6, 6.07) is 21.5. The van der Waals surface area contributed by atoms with Gasteiger partial charge in [0.25, 0.3) is 11.7 Å². The minimum atomic E-state index is -0.795. The van der Waals surface area contributed by atoms with Crippen LogP contribution in [0.2, 0.25) is 0 Å². The van der Waals surface area contributed by atoms with Crippen molar-refractivity contribution in [3.63, 3.8) is 0 Å². The SMILES string of the molecule is O=C1C(=O)N(c2cccc3ccccc23)C(c2ccncc2)/C1=C(\O)c1ccc2c(c1)CCCO2. The first-order chi connectivity index (χ1) is 17.1. The number of ketones is 1. The van der Waals surface area contributed by atoms with Gasteiger partial charge < -0.3 is 9.84 Å². The summed E-state index contributed by atoms with van der Waals surface area (Å²) >= 11 is 0. The van der Waals surface area contributed by atoms with E-state index in [9.17, 15) is 14.7 Å². The molecular formula is C29H22N2O4. The molecule has 0 radical (unpaired) electrons. The number of pyridine rings is 1. The van der Waals surface area contributed by atoms with Crippen molar-refractivity contribution in [3.05, 3.63) is 107 Å². The summed E-state index contributed by atoms with van der Waals surface area (Å²) in [5.41, 5.74) is 2.83. The summed E-state index contributed by atoms with van der Waals surface area (Å²) in [4.78, 5) is 32.6. The van der Waals surface area contributed by atoms with Crippen LogP contribution in [0.4, 0.5) is 5.69 Å². The molecule has 6 rings (SSSR count). The van der Waals surface area contributed by atoms with Crippen LogP contribution in [0.3, 0.4) is 0 Å². The van der Waals surface area contributed by atoms with Crippen LogP contribution in [0.25, 0.3) is 16.5 Å². The molecule has 1 fully saturated rings. The zero-order chi connectivity index (χ0) is 23.9. The number of ether oxygens (including phenoxy) is 1. The van der Waals surface area contributed by atoms with Gasteiger partial charge in [0.2, 0.25) is 0 Å². The monoisotopic (exact) mass is 462 g/mol. The molecule has 3 aromatic carbocycles. The number of amides is 1. The van der Waals surface area contributed by atoms with E-state index in [4.69, 9.17) is 4.74 Å². The Balaban J connectivity index is 1.57. The van der Waals surface area contributed by atoms with Gasteiger partial charge in [0.1, 0.15) is 11.5 Å². The Kier molecular flexibility index (Phi) is 5.07. The number of hydrogen-bond acceptors (Lipinski definition) is 5. The molecule has 2 aliphatic heterocycles. The Morgan fingerprint density at radius 2 is 1.77 bits per heavy atom. The topological polar surface area (TPSA) is 79.7 Å². The molecule has 0 saturated carbocycles. The number of fused-ring (bicyclic) bond motifs is 2. The van der Waals surface area contributed by atoms with Gasteiger partial charge in [0.15, 0.2) is 0 Å². The second-order valence-electron chi connectivity index (χ2n) is 8.72. The van der Waals surface area contributed by atoms with Crippen molar-refractivity contribution in [3.8, 4) is 5.75 Å². The molecule has 4 aromatic rings. The van der Waals surface area contributed by atoms with E-state index in [1.54, 1.807) is 30.6 Å². The Morgan fingerprint density at radius 3 is 2.63 bits per heavy atom. The Morgan fingerprint density at radius 1 is 0.971 bits per heavy atom. The third-order valence-corrected chi connectivity index (χ3v) is 6.67. The maximum Gasteiger partial charge on any atom is 0.300 e. The van der Waals surface area contributed by atoms with Crippen molar-refractivity contribution in [2.45, 2.75) is 18.9 Å². The number of benzene rings is 3. The van der Waals surface area contributed by atoms with E-state index < -0.39 is 17.7 Å². The molecule has 1 saturated heterocycles. The molecule has 2 aliphatic rings. The van der Waals surface area contributed by atoms with Gasteiger partial charge in [-0.15, -0.1) is 0 Å². The number of Topliss-reactive ketones (excluding diaryl/α,β-unsaturated/α-hetero) is 1. The van der Waals surface area contributed by atoms with Crippen molar-refractivity contribution in [2.75, 3.05) is 11.5 Å². The second-order valence-corrected chi connectivity index (χ2v) is 8.72. The predicted octanol–water partition coefficient (Wildman–Crippen LogP) is 5.19. The lowest BCUT2D eigenvalue weighted by molar-refractivity contribution is -0.132. The van der Waals surface area contributed by atoms with Crippen LogP contribution in [0.1, 0.15) is 29.2 Å². The fourth-order valence-corrected chi connectivity index (χ4v) is 5.02. The third-order valence-electron chi connectivity index (χ3n) is 6.67. The molecule has 1 amide bonds. The standard InChI is InChI=1S/C29H22N2O4/c32-27(21-10-11-24-20(17-21)7-4-16-35-24)25-26(19-12-14-30-15-13-19)31(29(34)28(25)33)23-9-3-6-18-5-1-2-8-22(18)23/h1-3,5-6,8-15,17,26,32H,4,7,16H2/b27-25+. The minimum Gasteiger partial charge on any atom is -0.507 e. The van der Waals surface area contributed by atoms with Gasteiger partial charge in [-0.05, 0) is 65.8 Å². The summed E-state index contributed by atoms with van der Waals surface area (Å²) in [6.07, 6.45) is 4.96. The van der Waals surface area contributed by atoms with Crippen LogP contribution in [0.15, 0.2) is 90.8 Å². The molecule has 6 heteroatoms. The number of anilines is 1. The van der Waals surface area contributed by atoms with Crippen molar-refractivity contribution in [1.82, 2.24) is 4.98 Å². The Labute approximate surface area is 202 Å². The van der Waals surface area contributed by atoms with E-state index in [2.05, 4.69) is 4.98 Å². The second kappa shape index (κ2) is 8.40. The highest BCUT2D eigenvalue weighted by Crippen LogP contribution is 2.44. The van der Waals surface area contributed by atoms with Gasteiger partial charge in [-0.1, -0.05) is 36.4 Å². The van der Waals surface area contributed by atoms with Crippen LogP contribution >= 0.6 is 0 Å². The first-order valence-electron chi connectivity index (χ1n) is 11.6. The highest BCUT2D eigenvalue weighted by atomic mass is 16.5. The Bertz CT molecular complexity index is 1500. The highest BCUT2D eigenvalue weighted by Gasteiger charge is 2.47. The third kappa shape index (κ3) is 3.46. The first-order valence-corrected chi connectivity index (χ1v) is 11.6. The predicted molar refractivity (Wildman–Crippen MR) is 133 cm³/mol. The quantitative estimate of drug-likeness (QED) is 0.258. The molecule has 0 spiro atoms. The summed E-state index contributed by atoms with van der Waals surface area (Å²) < 4.78 is 5.69. The maximum atomic E-state index is 13.5. The van der Waals surface area contributed by atoms with Gasteiger partial charge >= 0.3 is 0 Å². The zero-order valence-corrected chi connectivity index (χ0v) is 18.8. The number of carbonyl (C=O) groups is 2. The zero-order valence-electron chi connectivity index (χ0n) is 18.8. The lowest BCUT2D eigenvalue weighted by Gasteiger charge is -2.26. The van der Waals surface area contributed by atoms with Gasteiger partial charge in [-0.2, -0.15) is 0 Å². The molecule has 1 unspecified atom stereocenters. The van der Waals surface area contributed by atoms with Crippen molar-refractivity contribution >= 4 is 33.9 Å². The number of aliphatic hydroxyl groups is 1. The number of hydrogen-bond donors (Lipinski definition) is 1. The first kappa shape index (κ1) is 21.1. The summed E-state index contributed by atoms with van der Waals surface area (Å²) in [5.74, 6) is -0.798. The van der Waals surface area contributed by atoms with E-state index >= 15 is 0 Å². The number of carbonyl (C=O) groups excluding carboxylic acids is 2. The van der Waals surface area contributed by atoms with E-state index in [0.29, 0.717) is 23.4 Å². The number of aryl methyl sites for hydroxylation is 1. The number of rotatable bonds is 3. The van der Waals surface area contributed by atoms with E-state index in [-0.39, 0.29) is 11.3 Å². The number of aromatic nitrogens is 1. The molecular weight excluding hydrogens is 440 g/mol. The smallest absolute Gasteiger partial charge is 0.300 e.